The molecule has 0 radical (unpaired) electrons. The number of aliphatic imine (C=N–C) groups is 1. The maximum Gasteiger partial charge on any atom is 0.146 e. The number of benzene rings is 1. The highest BCUT2D eigenvalue weighted by atomic mass is 79.9. The zero-order valence-corrected chi connectivity index (χ0v) is 13.3. The second-order valence-corrected chi connectivity index (χ2v) is 6.48. The van der Waals surface area contributed by atoms with Crippen LogP contribution in [0.3, 0.4) is 0 Å². The van der Waals surface area contributed by atoms with Crippen molar-refractivity contribution in [3.63, 3.8) is 0 Å². The lowest BCUT2D eigenvalue weighted by Gasteiger charge is -2.29. The largest absolute Gasteiger partial charge is 0.389 e. The van der Waals surface area contributed by atoms with Gasteiger partial charge in [-0.3, -0.25) is 0 Å². The van der Waals surface area contributed by atoms with E-state index in [1.807, 2.05) is 5.01 Å². The average Bonchev–Trinajstić information content (AvgIpc) is 2.70. The Morgan fingerprint density at radius 2 is 1.95 bits per heavy atom. The summed E-state index contributed by atoms with van der Waals surface area (Å²) < 4.78 is 1.14. The Balaban J connectivity index is 2.28. The molecule has 0 aliphatic carbocycles. The first-order valence-corrected chi connectivity index (χ1v) is 7.11. The molecule has 1 aromatic rings. The van der Waals surface area contributed by atoms with Crippen LogP contribution in [0.25, 0.3) is 0 Å². The smallest absolute Gasteiger partial charge is 0.146 e. The van der Waals surface area contributed by atoms with Crippen LogP contribution < -0.4 is 5.43 Å². The minimum Gasteiger partial charge on any atom is -0.389 e. The molecule has 2 rings (SSSR count). The number of rotatable bonds is 3. The number of hydrazine groups is 1. The molecule has 5 heteroatoms. The Bertz CT molecular complexity index is 485. The number of aryl methyl sites for hydroxylation is 2. The van der Waals surface area contributed by atoms with Crippen LogP contribution in [0.4, 0.5) is 0 Å². The first kappa shape index (κ1) is 14.5. The van der Waals surface area contributed by atoms with Gasteiger partial charge in [0, 0.05) is 11.0 Å². The maximum atomic E-state index is 9.95. The minimum atomic E-state index is -0.765. The molecule has 0 spiro atoms. The molecule has 2 N–H and O–H groups in total. The number of aliphatic hydroxyl groups is 1. The van der Waals surface area contributed by atoms with Crippen molar-refractivity contribution in [2.45, 2.75) is 39.5 Å². The molecule has 0 saturated carbocycles. The van der Waals surface area contributed by atoms with Gasteiger partial charge < -0.3 is 10.5 Å². The Morgan fingerprint density at radius 1 is 1.37 bits per heavy atom. The van der Waals surface area contributed by atoms with Crippen LogP contribution in [-0.2, 0) is 0 Å². The van der Waals surface area contributed by atoms with Crippen LogP contribution >= 0.6 is 15.9 Å². The molecule has 0 saturated heterocycles. The molecule has 1 aliphatic rings. The van der Waals surface area contributed by atoms with E-state index in [9.17, 15) is 5.11 Å². The van der Waals surface area contributed by atoms with E-state index in [4.69, 9.17) is 0 Å². The Kier molecular flexibility index (Phi) is 3.99. The summed E-state index contributed by atoms with van der Waals surface area (Å²) in [6, 6.07) is 4.26. The Morgan fingerprint density at radius 3 is 2.47 bits per heavy atom. The third-order valence-electron chi connectivity index (χ3n) is 3.05. The van der Waals surface area contributed by atoms with Gasteiger partial charge in [0.15, 0.2) is 0 Å². The van der Waals surface area contributed by atoms with E-state index in [1.165, 1.54) is 11.1 Å². The van der Waals surface area contributed by atoms with Gasteiger partial charge in [-0.05, 0) is 44.4 Å². The fraction of sp³-hybridized carbons (Fsp3) is 0.500. The lowest BCUT2D eigenvalue weighted by Crippen LogP contribution is -2.44. The molecule has 19 heavy (non-hydrogen) atoms. The van der Waals surface area contributed by atoms with Gasteiger partial charge in [0.1, 0.15) is 6.17 Å². The molecule has 0 fully saturated rings. The van der Waals surface area contributed by atoms with Gasteiger partial charge in [-0.1, -0.05) is 28.1 Å². The lowest BCUT2D eigenvalue weighted by molar-refractivity contribution is 0.0158. The molecule has 1 atom stereocenters. The fourth-order valence-corrected chi connectivity index (χ4v) is 2.50. The van der Waals surface area contributed by atoms with Gasteiger partial charge in [0.05, 0.1) is 11.9 Å². The highest BCUT2D eigenvalue weighted by molar-refractivity contribution is 9.10. The van der Waals surface area contributed by atoms with E-state index < -0.39 is 5.60 Å². The third kappa shape index (κ3) is 3.35. The molecule has 0 bridgehead atoms. The van der Waals surface area contributed by atoms with Crippen molar-refractivity contribution in [2.75, 3.05) is 6.54 Å². The summed E-state index contributed by atoms with van der Waals surface area (Å²) in [5.41, 5.74) is 5.84. The first-order chi connectivity index (χ1) is 8.78. The van der Waals surface area contributed by atoms with Crippen molar-refractivity contribution >= 4 is 22.3 Å². The molecule has 1 heterocycles. The number of hydrogen-bond donors (Lipinski definition) is 2. The van der Waals surface area contributed by atoms with E-state index in [1.54, 1.807) is 20.2 Å². The zero-order chi connectivity index (χ0) is 14.2. The van der Waals surface area contributed by atoms with Gasteiger partial charge in [0.2, 0.25) is 0 Å². The zero-order valence-electron chi connectivity index (χ0n) is 11.7. The molecule has 4 nitrogen and oxygen atoms in total. The van der Waals surface area contributed by atoms with Gasteiger partial charge in [-0.15, -0.1) is 0 Å². The predicted molar refractivity (Wildman–Crippen MR) is 81.0 cm³/mol. The Hall–Kier alpha value is -0.910. The number of hydrogen-bond acceptors (Lipinski definition) is 4. The SMILES string of the molecule is Cc1cc(C2N=CNN2CC(C)(C)O)cc(C)c1Br. The summed E-state index contributed by atoms with van der Waals surface area (Å²) in [4.78, 5) is 4.45. The topological polar surface area (TPSA) is 47.9 Å². The number of nitrogens with zero attached hydrogens (tertiary/aromatic N) is 2. The van der Waals surface area contributed by atoms with Crippen LogP contribution in [0, 0.1) is 13.8 Å². The van der Waals surface area contributed by atoms with E-state index in [2.05, 4.69) is 52.3 Å². The van der Waals surface area contributed by atoms with E-state index in [0.29, 0.717) is 6.54 Å². The number of β-amino-alcohol motifs (C(OH)–C–C–N with tert-alkyl or cyclic N) is 1. The predicted octanol–water partition coefficient (Wildman–Crippen LogP) is 2.68. The van der Waals surface area contributed by atoms with Crippen LogP contribution in [0.1, 0.15) is 36.7 Å². The summed E-state index contributed by atoms with van der Waals surface area (Å²) in [5.74, 6) is 0. The lowest BCUT2D eigenvalue weighted by atomic mass is 10.0. The first-order valence-electron chi connectivity index (χ1n) is 6.31. The van der Waals surface area contributed by atoms with Crippen LogP contribution in [0.2, 0.25) is 0 Å². The van der Waals surface area contributed by atoms with Gasteiger partial charge >= 0.3 is 0 Å². The third-order valence-corrected chi connectivity index (χ3v) is 4.30. The summed E-state index contributed by atoms with van der Waals surface area (Å²) in [7, 11) is 0. The standard InChI is InChI=1S/C14H20BrN3O/c1-9-5-11(6-10(2)12(9)15)13-16-8-17-18(13)7-14(3,4)19/h5-6,8,13,19H,7H2,1-4H3,(H,16,17). The second-order valence-electron chi connectivity index (χ2n) is 5.69. The van der Waals surface area contributed by atoms with Crippen molar-refractivity contribution in [1.82, 2.24) is 10.4 Å². The van der Waals surface area contributed by atoms with Crippen molar-refractivity contribution in [1.29, 1.82) is 0 Å². The van der Waals surface area contributed by atoms with E-state index in [0.717, 1.165) is 10.0 Å². The minimum absolute atomic E-state index is 0.0862. The van der Waals surface area contributed by atoms with Crippen molar-refractivity contribution < 1.29 is 5.11 Å². The van der Waals surface area contributed by atoms with Crippen LogP contribution in [0.5, 0.6) is 0 Å². The van der Waals surface area contributed by atoms with Crippen LogP contribution in [-0.4, -0.2) is 28.6 Å². The number of halogens is 1. The van der Waals surface area contributed by atoms with Crippen molar-refractivity contribution in [2.24, 2.45) is 4.99 Å². The van der Waals surface area contributed by atoms with E-state index in [-0.39, 0.29) is 6.17 Å². The highest BCUT2D eigenvalue weighted by Crippen LogP contribution is 2.30. The van der Waals surface area contributed by atoms with E-state index >= 15 is 0 Å². The van der Waals surface area contributed by atoms with Gasteiger partial charge in [-0.2, -0.15) is 5.01 Å². The van der Waals surface area contributed by atoms with Crippen molar-refractivity contribution in [3.05, 3.63) is 33.3 Å². The van der Waals surface area contributed by atoms with Gasteiger partial charge in [0.25, 0.3) is 0 Å². The van der Waals surface area contributed by atoms with Gasteiger partial charge in [-0.25, -0.2) is 4.99 Å². The molecule has 1 aromatic carbocycles. The monoisotopic (exact) mass is 325 g/mol. The number of nitrogens with one attached hydrogen (secondary N) is 1. The average molecular weight is 326 g/mol. The molecule has 1 unspecified atom stereocenters. The molecular formula is C14H20BrN3O. The highest BCUT2D eigenvalue weighted by Gasteiger charge is 2.28. The van der Waals surface area contributed by atoms with Crippen LogP contribution in [0.15, 0.2) is 21.6 Å². The summed E-state index contributed by atoms with van der Waals surface area (Å²) in [5, 5.41) is 11.9. The molecule has 104 valence electrons. The summed E-state index contributed by atoms with van der Waals surface area (Å²) in [6.45, 7) is 8.25. The quantitative estimate of drug-likeness (QED) is 0.898. The molecule has 1 aliphatic heterocycles. The summed E-state index contributed by atoms with van der Waals surface area (Å²) >= 11 is 3.58. The second kappa shape index (κ2) is 5.23. The fourth-order valence-electron chi connectivity index (χ4n) is 2.27. The molecular weight excluding hydrogens is 306 g/mol. The maximum absolute atomic E-state index is 9.95. The summed E-state index contributed by atoms with van der Waals surface area (Å²) in [6.07, 6.45) is 1.60. The Labute approximate surface area is 122 Å². The van der Waals surface area contributed by atoms with Crippen molar-refractivity contribution in [3.8, 4) is 0 Å². The molecule has 0 aromatic heterocycles. The molecule has 0 amide bonds. The normalized spacial score (nSPS) is 19.8.